The minimum Gasteiger partial charge on any atom is -0.457 e. The zero-order valence-corrected chi connectivity index (χ0v) is 23.9. The molecule has 6 rings (SSSR count). The molecule has 0 bridgehead atoms. The Balaban J connectivity index is 1.29. The number of urea groups is 1. The predicted octanol–water partition coefficient (Wildman–Crippen LogP) is 5.61. The molecular formula is C31H29N5O5S. The van der Waals surface area contributed by atoms with Crippen molar-refractivity contribution < 1.29 is 23.9 Å². The molecule has 1 fully saturated rings. The molecule has 0 spiro atoms. The van der Waals surface area contributed by atoms with Crippen LogP contribution in [0.4, 0.5) is 21.9 Å². The number of anilines is 3. The summed E-state index contributed by atoms with van der Waals surface area (Å²) in [5, 5.41) is 6.67. The molecule has 4 heterocycles. The number of piperidine rings is 1. The minimum absolute atomic E-state index is 0.218. The molecule has 0 saturated carbocycles. The first-order chi connectivity index (χ1) is 20.4. The summed E-state index contributed by atoms with van der Waals surface area (Å²) < 4.78 is 11.5. The third kappa shape index (κ3) is 5.08. The van der Waals surface area contributed by atoms with Gasteiger partial charge in [-0.1, -0.05) is 24.8 Å². The maximum Gasteiger partial charge on any atom is 0.331 e. The number of amides is 4. The van der Waals surface area contributed by atoms with Crippen molar-refractivity contribution in [3.8, 4) is 11.5 Å². The van der Waals surface area contributed by atoms with E-state index in [1.807, 2.05) is 55.5 Å². The fourth-order valence-electron chi connectivity index (χ4n) is 5.44. The smallest absolute Gasteiger partial charge is 0.331 e. The molecule has 2 N–H and O–H groups in total. The van der Waals surface area contributed by atoms with E-state index in [9.17, 15) is 14.4 Å². The molecule has 2 aromatic heterocycles. The molecule has 4 amide bonds. The number of methoxy groups -OCH3 is 1. The van der Waals surface area contributed by atoms with E-state index in [0.29, 0.717) is 57.4 Å². The van der Waals surface area contributed by atoms with E-state index in [4.69, 9.17) is 9.47 Å². The fourth-order valence-corrected chi connectivity index (χ4v) is 6.46. The first-order valence-electron chi connectivity index (χ1n) is 13.5. The van der Waals surface area contributed by atoms with E-state index in [-0.39, 0.29) is 30.0 Å². The van der Waals surface area contributed by atoms with Crippen LogP contribution >= 0.6 is 11.3 Å². The Morgan fingerprint density at radius 2 is 1.93 bits per heavy atom. The number of likely N-dealkylation sites (tertiary alicyclic amines) is 1. The number of rotatable bonds is 7. The summed E-state index contributed by atoms with van der Waals surface area (Å²) in [6.07, 6.45) is 3.22. The van der Waals surface area contributed by atoms with Crippen LogP contribution in [-0.4, -0.2) is 60.1 Å². The Bertz CT molecular complexity index is 1700. The molecule has 2 atom stereocenters. The van der Waals surface area contributed by atoms with Crippen molar-refractivity contribution >= 4 is 56.5 Å². The van der Waals surface area contributed by atoms with Gasteiger partial charge in [0.25, 0.3) is 5.91 Å². The van der Waals surface area contributed by atoms with E-state index < -0.39 is 0 Å². The second-order valence-corrected chi connectivity index (χ2v) is 11.2. The maximum absolute atomic E-state index is 13.6. The van der Waals surface area contributed by atoms with Crippen LogP contribution in [0.5, 0.6) is 11.5 Å². The van der Waals surface area contributed by atoms with Gasteiger partial charge in [-0.3, -0.25) is 14.5 Å². The number of nitrogens with one attached hydrogen (secondary N) is 2. The van der Waals surface area contributed by atoms with Crippen molar-refractivity contribution in [1.29, 1.82) is 0 Å². The highest BCUT2D eigenvalue weighted by Gasteiger charge is 2.35. The number of pyridine rings is 1. The molecule has 4 aromatic rings. The van der Waals surface area contributed by atoms with Gasteiger partial charge in [-0.2, -0.15) is 0 Å². The number of hydrogen-bond acceptors (Lipinski definition) is 7. The van der Waals surface area contributed by atoms with E-state index in [1.165, 1.54) is 17.4 Å². The van der Waals surface area contributed by atoms with E-state index in [2.05, 4.69) is 22.2 Å². The van der Waals surface area contributed by atoms with Crippen molar-refractivity contribution in [2.45, 2.75) is 25.5 Å². The summed E-state index contributed by atoms with van der Waals surface area (Å²) in [6, 6.07) is 16.1. The summed E-state index contributed by atoms with van der Waals surface area (Å²) in [5.74, 6) is 0.806. The van der Waals surface area contributed by atoms with Gasteiger partial charge in [-0.25, -0.2) is 9.78 Å². The van der Waals surface area contributed by atoms with Crippen LogP contribution in [0, 0.1) is 6.92 Å². The predicted molar refractivity (Wildman–Crippen MR) is 162 cm³/mol. The number of benzene rings is 2. The van der Waals surface area contributed by atoms with Crippen LogP contribution in [0.15, 0.2) is 73.4 Å². The molecule has 1 saturated heterocycles. The summed E-state index contributed by atoms with van der Waals surface area (Å²) >= 11 is 1.21. The number of ether oxygens (including phenoxy) is 2. The number of aromatic nitrogens is 1. The van der Waals surface area contributed by atoms with Crippen molar-refractivity contribution in [1.82, 2.24) is 15.2 Å². The van der Waals surface area contributed by atoms with Gasteiger partial charge in [-0.05, 0) is 61.4 Å². The van der Waals surface area contributed by atoms with Crippen LogP contribution in [0.2, 0.25) is 0 Å². The average molecular weight is 584 g/mol. The van der Waals surface area contributed by atoms with E-state index >= 15 is 0 Å². The Hall–Kier alpha value is -4.74. The third-order valence-corrected chi connectivity index (χ3v) is 8.50. The number of carbonyl (C=O) groups excluding carboxylic acids is 3. The van der Waals surface area contributed by atoms with Crippen molar-refractivity contribution in [2.24, 2.45) is 0 Å². The molecule has 2 aromatic carbocycles. The standard InChI is InChI=1S/C31H29N5O5S/c1-4-25(37)35-16-19(15-22(17-35)40-3)33-29(38)28-27-26-24(12-13-32-30(26)42-28)36(31(39)34-27)23-11-10-21(14-18(23)2)41-20-8-6-5-7-9-20/h4-14,19,22H,1,15-17H2,2-3H3,(H,33,38)(H,34,39)/t19-,22?/m1/s1. The molecule has 0 aliphatic carbocycles. The molecule has 2 aliphatic rings. The molecule has 10 nitrogen and oxygen atoms in total. The monoisotopic (exact) mass is 583 g/mol. The number of para-hydroxylation sites is 1. The maximum atomic E-state index is 13.6. The molecule has 214 valence electrons. The van der Waals surface area contributed by atoms with Gasteiger partial charge in [0.1, 0.15) is 21.2 Å². The normalized spacial score (nSPS) is 18.0. The van der Waals surface area contributed by atoms with Crippen LogP contribution < -0.4 is 20.3 Å². The lowest BCUT2D eigenvalue weighted by Gasteiger charge is -2.37. The van der Waals surface area contributed by atoms with Gasteiger partial charge in [0, 0.05) is 32.4 Å². The van der Waals surface area contributed by atoms with E-state index in [0.717, 1.165) is 11.3 Å². The third-order valence-electron chi connectivity index (χ3n) is 7.41. The lowest BCUT2D eigenvalue weighted by atomic mass is 10.0. The quantitative estimate of drug-likeness (QED) is 0.274. The zero-order chi connectivity index (χ0) is 29.4. The summed E-state index contributed by atoms with van der Waals surface area (Å²) in [4.78, 5) is 48.1. The number of nitrogens with zero attached hydrogens (tertiary/aromatic N) is 3. The molecule has 1 unspecified atom stereocenters. The van der Waals surface area contributed by atoms with Crippen molar-refractivity contribution in [3.05, 3.63) is 83.9 Å². The highest BCUT2D eigenvalue weighted by molar-refractivity contribution is 7.21. The molecular weight excluding hydrogens is 554 g/mol. The topological polar surface area (TPSA) is 113 Å². The number of aryl methyl sites for hydroxylation is 1. The van der Waals surface area contributed by atoms with E-state index in [1.54, 1.807) is 29.2 Å². The number of thiophene rings is 1. The molecule has 11 heteroatoms. The van der Waals surface area contributed by atoms with Gasteiger partial charge >= 0.3 is 6.03 Å². The highest BCUT2D eigenvalue weighted by Crippen LogP contribution is 2.46. The summed E-state index contributed by atoms with van der Waals surface area (Å²) in [5.41, 5.74) is 2.58. The average Bonchev–Trinajstić information content (AvgIpc) is 3.37. The van der Waals surface area contributed by atoms with Gasteiger partial charge in [-0.15, -0.1) is 11.3 Å². The second kappa shape index (κ2) is 11.3. The Labute approximate surface area is 246 Å². The lowest BCUT2D eigenvalue weighted by molar-refractivity contribution is -0.130. The highest BCUT2D eigenvalue weighted by atomic mass is 32.1. The Kier molecular flexibility index (Phi) is 7.36. The minimum atomic E-state index is -0.387. The largest absolute Gasteiger partial charge is 0.457 e. The number of hydrogen-bond donors (Lipinski definition) is 2. The van der Waals surface area contributed by atoms with Gasteiger partial charge in [0.05, 0.1) is 28.6 Å². The SMILES string of the molecule is C=CC(=O)N1CC(OC)C[C@@H](NC(=O)c2sc3nccc4c3c2NC(=O)N4c2ccc(Oc3ccccc3)cc2C)C1. The lowest BCUT2D eigenvalue weighted by Crippen LogP contribution is -2.54. The molecule has 42 heavy (non-hydrogen) atoms. The van der Waals surface area contributed by atoms with Crippen LogP contribution in [0.25, 0.3) is 10.2 Å². The Morgan fingerprint density at radius 3 is 2.67 bits per heavy atom. The van der Waals surface area contributed by atoms with Gasteiger partial charge < -0.3 is 25.0 Å². The number of carbonyl (C=O) groups is 3. The zero-order valence-electron chi connectivity index (χ0n) is 23.1. The Morgan fingerprint density at radius 1 is 1.12 bits per heavy atom. The van der Waals surface area contributed by atoms with Crippen LogP contribution in [0.1, 0.15) is 21.7 Å². The summed E-state index contributed by atoms with van der Waals surface area (Å²) in [6.45, 7) is 6.25. The van der Waals surface area contributed by atoms with Crippen molar-refractivity contribution in [3.63, 3.8) is 0 Å². The fraction of sp³-hybridized carbons (Fsp3) is 0.226. The van der Waals surface area contributed by atoms with Crippen LogP contribution in [0.3, 0.4) is 0 Å². The first-order valence-corrected chi connectivity index (χ1v) is 14.3. The first kappa shape index (κ1) is 27.4. The summed E-state index contributed by atoms with van der Waals surface area (Å²) in [7, 11) is 1.58. The van der Waals surface area contributed by atoms with Gasteiger partial charge in [0.15, 0.2) is 0 Å². The molecule has 0 radical (unpaired) electrons. The second-order valence-electron chi connectivity index (χ2n) is 10.2. The molecule has 2 aliphatic heterocycles. The van der Waals surface area contributed by atoms with Crippen molar-refractivity contribution in [2.75, 3.05) is 30.4 Å². The van der Waals surface area contributed by atoms with Crippen LogP contribution in [-0.2, 0) is 9.53 Å². The van der Waals surface area contributed by atoms with Gasteiger partial charge in [0.2, 0.25) is 5.91 Å².